The van der Waals surface area contributed by atoms with Gasteiger partial charge in [-0.2, -0.15) is 0 Å². The molecule has 0 aliphatic carbocycles. The van der Waals surface area contributed by atoms with Gasteiger partial charge in [-0.25, -0.2) is 0 Å². The summed E-state index contributed by atoms with van der Waals surface area (Å²) < 4.78 is 5.65. The number of hydrogen-bond acceptors (Lipinski definition) is 3. The summed E-state index contributed by atoms with van der Waals surface area (Å²) in [6, 6.07) is 17.7. The molecule has 5 heteroatoms. The van der Waals surface area contributed by atoms with Gasteiger partial charge in [0, 0.05) is 17.0 Å². The zero-order chi connectivity index (χ0) is 16.5. The Hall–Kier alpha value is -1.68. The van der Waals surface area contributed by atoms with E-state index < -0.39 is 0 Å². The summed E-state index contributed by atoms with van der Waals surface area (Å²) in [7, 11) is 0. The van der Waals surface area contributed by atoms with Gasteiger partial charge >= 0.3 is 0 Å². The first-order valence-corrected chi connectivity index (χ1v) is 9.16. The van der Waals surface area contributed by atoms with Crippen molar-refractivity contribution >= 4 is 46.4 Å². The molecule has 1 aliphatic rings. The highest BCUT2D eigenvalue weighted by Crippen LogP contribution is 2.45. The van der Waals surface area contributed by atoms with E-state index in [-0.39, 0.29) is 5.25 Å². The minimum atomic E-state index is 0.164. The molecule has 120 valence electrons. The predicted octanol–water partition coefficient (Wildman–Crippen LogP) is 6.94. The Morgan fingerprint density at radius 1 is 1.00 bits per heavy atom. The monoisotopic (exact) mass is 373 g/mol. The lowest BCUT2D eigenvalue weighted by atomic mass is 10.0. The number of fused-ring (bicyclic) bond motifs is 1. The summed E-state index contributed by atoms with van der Waals surface area (Å²) in [4.78, 5) is 6.04. The summed E-state index contributed by atoms with van der Waals surface area (Å²) >= 11 is 14.0. The fourth-order valence-electron chi connectivity index (χ4n) is 2.70. The van der Waals surface area contributed by atoms with Crippen molar-refractivity contribution in [2.45, 2.75) is 16.6 Å². The second-order valence-electron chi connectivity index (χ2n) is 5.48. The van der Waals surface area contributed by atoms with Gasteiger partial charge in [-0.1, -0.05) is 41.4 Å². The molecule has 1 aliphatic heterocycles. The van der Waals surface area contributed by atoms with Crippen LogP contribution in [0.4, 0.5) is 5.69 Å². The molecular formula is C19H13Cl2NOS. The van der Waals surface area contributed by atoms with Crippen molar-refractivity contribution in [1.82, 2.24) is 0 Å². The number of rotatable bonds is 2. The molecule has 24 heavy (non-hydrogen) atoms. The van der Waals surface area contributed by atoms with Crippen LogP contribution in [0.2, 0.25) is 10.0 Å². The Morgan fingerprint density at radius 2 is 1.88 bits per heavy atom. The number of benzene rings is 2. The fraction of sp³-hybridized carbons (Fsp3) is 0.105. The summed E-state index contributed by atoms with van der Waals surface area (Å²) in [6.45, 7) is 0. The molecule has 2 heterocycles. The van der Waals surface area contributed by atoms with Crippen molar-refractivity contribution in [2.24, 2.45) is 4.99 Å². The van der Waals surface area contributed by atoms with E-state index in [2.05, 4.69) is 6.07 Å². The highest BCUT2D eigenvalue weighted by Gasteiger charge is 2.24. The van der Waals surface area contributed by atoms with Gasteiger partial charge in [0.1, 0.15) is 5.76 Å². The maximum Gasteiger partial charge on any atom is 0.117 e. The maximum atomic E-state index is 6.20. The smallest absolute Gasteiger partial charge is 0.117 e. The fourth-order valence-corrected chi connectivity index (χ4v) is 4.19. The molecular weight excluding hydrogens is 361 g/mol. The van der Waals surface area contributed by atoms with Crippen LogP contribution in [0.25, 0.3) is 0 Å². The number of halogens is 2. The number of thioether (sulfide) groups is 1. The van der Waals surface area contributed by atoms with Crippen LogP contribution in [0.5, 0.6) is 0 Å². The molecule has 2 nitrogen and oxygen atoms in total. The minimum absolute atomic E-state index is 0.164. The molecule has 0 unspecified atom stereocenters. The molecule has 0 amide bonds. The number of aliphatic imine (C=N–C) groups is 1. The van der Waals surface area contributed by atoms with Crippen molar-refractivity contribution in [2.75, 3.05) is 0 Å². The van der Waals surface area contributed by atoms with E-state index in [9.17, 15) is 0 Å². The SMILES string of the molecule is Clc1ccc(C2=Nc3ccccc3S[C@H](c3ccco3)C2)cc1Cl. The van der Waals surface area contributed by atoms with E-state index in [1.807, 2.05) is 48.5 Å². The first kappa shape index (κ1) is 15.8. The van der Waals surface area contributed by atoms with Crippen LogP contribution in [-0.4, -0.2) is 5.71 Å². The third-order valence-corrected chi connectivity index (χ3v) is 5.90. The Bertz CT molecular complexity index is 905. The molecule has 3 aromatic rings. The van der Waals surface area contributed by atoms with E-state index in [0.717, 1.165) is 34.0 Å². The predicted molar refractivity (Wildman–Crippen MR) is 101 cm³/mol. The zero-order valence-corrected chi connectivity index (χ0v) is 14.9. The number of hydrogen-bond donors (Lipinski definition) is 0. The largest absolute Gasteiger partial charge is 0.468 e. The second kappa shape index (κ2) is 6.67. The zero-order valence-electron chi connectivity index (χ0n) is 12.6. The Balaban J connectivity index is 1.81. The summed E-state index contributed by atoms with van der Waals surface area (Å²) in [6.07, 6.45) is 2.47. The van der Waals surface area contributed by atoms with Gasteiger partial charge in [-0.15, -0.1) is 11.8 Å². The van der Waals surface area contributed by atoms with E-state index >= 15 is 0 Å². The van der Waals surface area contributed by atoms with Gasteiger partial charge in [-0.3, -0.25) is 4.99 Å². The average Bonchev–Trinajstić information content (AvgIpc) is 3.05. The highest BCUT2D eigenvalue weighted by molar-refractivity contribution is 7.99. The molecule has 0 saturated carbocycles. The molecule has 1 atom stereocenters. The Labute approximate surface area is 154 Å². The van der Waals surface area contributed by atoms with Crippen LogP contribution in [0.15, 0.2) is 75.2 Å². The second-order valence-corrected chi connectivity index (χ2v) is 7.54. The van der Waals surface area contributed by atoms with Crippen LogP contribution < -0.4 is 0 Å². The van der Waals surface area contributed by atoms with Gasteiger partial charge in [0.25, 0.3) is 0 Å². The third-order valence-electron chi connectivity index (χ3n) is 3.88. The van der Waals surface area contributed by atoms with Crippen LogP contribution in [0.1, 0.15) is 23.0 Å². The maximum absolute atomic E-state index is 6.20. The van der Waals surface area contributed by atoms with E-state index in [0.29, 0.717) is 10.0 Å². The summed E-state index contributed by atoms with van der Waals surface area (Å²) in [5.74, 6) is 0.949. The number of furan rings is 1. The molecule has 0 N–H and O–H groups in total. The van der Waals surface area contributed by atoms with Crippen molar-refractivity contribution in [1.29, 1.82) is 0 Å². The van der Waals surface area contributed by atoms with Crippen molar-refractivity contribution in [3.63, 3.8) is 0 Å². The molecule has 0 saturated heterocycles. The summed E-state index contributed by atoms with van der Waals surface area (Å²) in [5.41, 5.74) is 2.93. The molecule has 0 fully saturated rings. The van der Waals surface area contributed by atoms with Crippen LogP contribution in [-0.2, 0) is 0 Å². The molecule has 0 radical (unpaired) electrons. The quantitative estimate of drug-likeness (QED) is 0.485. The lowest BCUT2D eigenvalue weighted by Crippen LogP contribution is -2.05. The molecule has 1 aromatic heterocycles. The molecule has 0 spiro atoms. The first-order valence-electron chi connectivity index (χ1n) is 7.53. The van der Waals surface area contributed by atoms with Crippen molar-refractivity contribution in [3.05, 3.63) is 82.2 Å². The normalized spacial score (nSPS) is 17.1. The van der Waals surface area contributed by atoms with Crippen molar-refractivity contribution in [3.8, 4) is 0 Å². The van der Waals surface area contributed by atoms with E-state index in [1.54, 1.807) is 18.0 Å². The lowest BCUT2D eigenvalue weighted by Gasteiger charge is -2.13. The average molecular weight is 374 g/mol. The first-order chi connectivity index (χ1) is 11.7. The van der Waals surface area contributed by atoms with Gasteiger partial charge < -0.3 is 4.42 Å². The van der Waals surface area contributed by atoms with E-state index in [1.165, 1.54) is 0 Å². The van der Waals surface area contributed by atoms with Gasteiger partial charge in [-0.05, 0) is 42.0 Å². The standard InChI is InChI=1S/C19H13Cl2NOS/c20-13-8-7-12(10-14(13)21)16-11-19(17-5-3-9-23-17)24-18-6-2-1-4-15(18)22-16/h1-10,19H,11H2/t19-/m0/s1. The van der Waals surface area contributed by atoms with Crippen LogP contribution in [0.3, 0.4) is 0 Å². The number of nitrogens with zero attached hydrogens (tertiary/aromatic N) is 1. The van der Waals surface area contributed by atoms with Gasteiger partial charge in [0.05, 0.1) is 27.2 Å². The number of para-hydroxylation sites is 1. The van der Waals surface area contributed by atoms with E-state index in [4.69, 9.17) is 32.6 Å². The summed E-state index contributed by atoms with van der Waals surface area (Å²) in [5, 5.41) is 1.25. The third kappa shape index (κ3) is 3.12. The topological polar surface area (TPSA) is 25.5 Å². The molecule has 4 rings (SSSR count). The minimum Gasteiger partial charge on any atom is -0.468 e. The van der Waals surface area contributed by atoms with Crippen molar-refractivity contribution < 1.29 is 4.42 Å². The van der Waals surface area contributed by atoms with Gasteiger partial charge in [0.2, 0.25) is 0 Å². The lowest BCUT2D eigenvalue weighted by molar-refractivity contribution is 0.508. The Kier molecular flexibility index (Phi) is 4.40. The molecule has 2 aromatic carbocycles. The highest BCUT2D eigenvalue weighted by atomic mass is 35.5. The van der Waals surface area contributed by atoms with Crippen LogP contribution in [0, 0.1) is 0 Å². The van der Waals surface area contributed by atoms with Gasteiger partial charge in [0.15, 0.2) is 0 Å². The molecule has 0 bridgehead atoms. The Morgan fingerprint density at radius 3 is 2.67 bits per heavy atom. The van der Waals surface area contributed by atoms with Crippen LogP contribution >= 0.6 is 35.0 Å².